The van der Waals surface area contributed by atoms with Crippen molar-refractivity contribution in [1.82, 2.24) is 14.8 Å². The van der Waals surface area contributed by atoms with Crippen molar-refractivity contribution >= 4 is 29.3 Å². The molecule has 1 heterocycles. The van der Waals surface area contributed by atoms with E-state index in [4.69, 9.17) is 16.7 Å². The van der Waals surface area contributed by atoms with Gasteiger partial charge >= 0.3 is 5.97 Å². The molecular formula is C14H16ClN3O2S. The summed E-state index contributed by atoms with van der Waals surface area (Å²) in [4.78, 5) is 10.7. The third-order valence-corrected chi connectivity index (χ3v) is 3.99. The standard InChI is InChI=1S/C14H16ClN3O2S/c1-9(2)18-12(7-10-4-3-5-11(15)6-10)16-17-14(18)21-8-13(19)20/h3-6,9H,7-8H2,1-2H3,(H,19,20). The molecule has 2 rings (SSSR count). The first-order valence-corrected chi connectivity index (χ1v) is 7.86. The molecule has 0 atom stereocenters. The van der Waals surface area contributed by atoms with E-state index in [-0.39, 0.29) is 11.8 Å². The normalized spacial score (nSPS) is 11.0. The number of carboxylic acids is 1. The maximum absolute atomic E-state index is 10.7. The van der Waals surface area contributed by atoms with Crippen molar-refractivity contribution in [2.45, 2.75) is 31.5 Å². The molecule has 0 spiro atoms. The summed E-state index contributed by atoms with van der Waals surface area (Å²) < 4.78 is 1.97. The summed E-state index contributed by atoms with van der Waals surface area (Å²) in [6, 6.07) is 7.76. The lowest BCUT2D eigenvalue weighted by atomic mass is 10.1. The van der Waals surface area contributed by atoms with Gasteiger partial charge in [-0.1, -0.05) is 35.5 Å². The van der Waals surface area contributed by atoms with Crippen molar-refractivity contribution in [2.75, 3.05) is 5.75 Å². The zero-order chi connectivity index (χ0) is 15.4. The van der Waals surface area contributed by atoms with Crippen LogP contribution in [0.4, 0.5) is 0 Å². The maximum atomic E-state index is 10.7. The van der Waals surface area contributed by atoms with Gasteiger partial charge in [-0.05, 0) is 31.5 Å². The molecule has 112 valence electrons. The van der Waals surface area contributed by atoms with Crippen molar-refractivity contribution in [1.29, 1.82) is 0 Å². The monoisotopic (exact) mass is 325 g/mol. The second-order valence-corrected chi connectivity index (χ2v) is 6.23. The highest BCUT2D eigenvalue weighted by atomic mass is 35.5. The Morgan fingerprint density at radius 3 is 2.81 bits per heavy atom. The number of thioether (sulfide) groups is 1. The molecule has 0 amide bonds. The van der Waals surface area contributed by atoms with Gasteiger partial charge in [0.1, 0.15) is 5.82 Å². The highest BCUT2D eigenvalue weighted by Crippen LogP contribution is 2.23. The van der Waals surface area contributed by atoms with Gasteiger partial charge in [0.2, 0.25) is 0 Å². The average molecular weight is 326 g/mol. The number of halogens is 1. The van der Waals surface area contributed by atoms with E-state index in [1.54, 1.807) is 0 Å². The molecule has 0 aliphatic heterocycles. The minimum atomic E-state index is -0.866. The van der Waals surface area contributed by atoms with Crippen LogP contribution in [0.1, 0.15) is 31.3 Å². The minimum Gasteiger partial charge on any atom is -0.481 e. The zero-order valence-corrected chi connectivity index (χ0v) is 13.4. The Labute approximate surface area is 132 Å². The number of aliphatic carboxylic acids is 1. The highest BCUT2D eigenvalue weighted by Gasteiger charge is 2.16. The number of rotatable bonds is 6. The van der Waals surface area contributed by atoms with Crippen molar-refractivity contribution in [3.63, 3.8) is 0 Å². The Balaban J connectivity index is 2.25. The SMILES string of the molecule is CC(C)n1c(Cc2cccc(Cl)c2)nnc1SCC(=O)O. The van der Waals surface area contributed by atoms with Gasteiger partial charge in [-0.2, -0.15) is 0 Å². The topological polar surface area (TPSA) is 68.0 Å². The molecule has 0 fully saturated rings. The fourth-order valence-corrected chi connectivity index (χ4v) is 3.02. The number of hydrogen-bond donors (Lipinski definition) is 1. The summed E-state index contributed by atoms with van der Waals surface area (Å²) in [6.07, 6.45) is 0.610. The van der Waals surface area contributed by atoms with Crippen LogP contribution in [-0.2, 0) is 11.2 Å². The van der Waals surface area contributed by atoms with Crippen LogP contribution in [0.25, 0.3) is 0 Å². The van der Waals surface area contributed by atoms with Crippen LogP contribution < -0.4 is 0 Å². The summed E-state index contributed by atoms with van der Waals surface area (Å²) in [6.45, 7) is 4.05. The van der Waals surface area contributed by atoms with Crippen LogP contribution in [0, 0.1) is 0 Å². The third kappa shape index (κ3) is 4.22. The van der Waals surface area contributed by atoms with Crippen molar-refractivity contribution in [2.24, 2.45) is 0 Å². The van der Waals surface area contributed by atoms with Gasteiger partial charge in [0.25, 0.3) is 0 Å². The average Bonchev–Trinajstić information content (AvgIpc) is 2.79. The summed E-state index contributed by atoms with van der Waals surface area (Å²) in [5.74, 6) is -0.0861. The van der Waals surface area contributed by atoms with Crippen molar-refractivity contribution in [3.8, 4) is 0 Å². The lowest BCUT2D eigenvalue weighted by Crippen LogP contribution is -2.09. The van der Waals surface area contributed by atoms with Crippen LogP contribution >= 0.6 is 23.4 Å². The van der Waals surface area contributed by atoms with Crippen molar-refractivity contribution in [3.05, 3.63) is 40.7 Å². The van der Waals surface area contributed by atoms with E-state index in [0.717, 1.165) is 11.4 Å². The van der Waals surface area contributed by atoms with Crippen LogP contribution in [0.15, 0.2) is 29.4 Å². The summed E-state index contributed by atoms with van der Waals surface area (Å²) in [7, 11) is 0. The second kappa shape index (κ2) is 6.95. The van der Waals surface area contributed by atoms with Gasteiger partial charge in [0.15, 0.2) is 5.16 Å². The molecular weight excluding hydrogens is 310 g/mol. The molecule has 0 bridgehead atoms. The summed E-state index contributed by atoms with van der Waals surface area (Å²) in [5, 5.41) is 18.4. The number of carbonyl (C=O) groups is 1. The maximum Gasteiger partial charge on any atom is 0.313 e. The molecule has 2 aromatic rings. The second-order valence-electron chi connectivity index (χ2n) is 4.85. The number of nitrogens with zero attached hydrogens (tertiary/aromatic N) is 3. The lowest BCUT2D eigenvalue weighted by molar-refractivity contribution is -0.133. The summed E-state index contributed by atoms with van der Waals surface area (Å²) >= 11 is 7.17. The minimum absolute atomic E-state index is 0.0258. The van der Waals surface area contributed by atoms with E-state index in [1.165, 1.54) is 11.8 Å². The largest absolute Gasteiger partial charge is 0.481 e. The van der Waals surface area contributed by atoms with Gasteiger partial charge in [0, 0.05) is 17.5 Å². The number of benzene rings is 1. The zero-order valence-electron chi connectivity index (χ0n) is 11.8. The molecule has 0 aliphatic rings. The summed E-state index contributed by atoms with van der Waals surface area (Å²) in [5.41, 5.74) is 1.05. The molecule has 0 saturated carbocycles. The molecule has 0 radical (unpaired) electrons. The quantitative estimate of drug-likeness (QED) is 0.825. The third-order valence-electron chi connectivity index (χ3n) is 2.83. The van der Waals surface area contributed by atoms with Crippen LogP contribution in [0.3, 0.4) is 0 Å². The molecule has 1 aromatic heterocycles. The van der Waals surface area contributed by atoms with E-state index in [9.17, 15) is 4.79 Å². The van der Waals surface area contributed by atoms with Gasteiger partial charge in [-0.3, -0.25) is 4.79 Å². The van der Waals surface area contributed by atoms with E-state index < -0.39 is 5.97 Å². The lowest BCUT2D eigenvalue weighted by Gasteiger charge is -2.13. The molecule has 0 unspecified atom stereocenters. The molecule has 21 heavy (non-hydrogen) atoms. The predicted molar refractivity (Wildman–Crippen MR) is 83.0 cm³/mol. The Kier molecular flexibility index (Phi) is 5.25. The first-order valence-electron chi connectivity index (χ1n) is 6.50. The number of aromatic nitrogens is 3. The number of hydrogen-bond acceptors (Lipinski definition) is 4. The van der Waals surface area contributed by atoms with Crippen molar-refractivity contribution < 1.29 is 9.90 Å². The fourth-order valence-electron chi connectivity index (χ4n) is 2.00. The van der Waals surface area contributed by atoms with Gasteiger partial charge < -0.3 is 9.67 Å². The van der Waals surface area contributed by atoms with Crippen LogP contribution in [-0.4, -0.2) is 31.6 Å². The Hall–Kier alpha value is -1.53. The molecule has 1 aromatic carbocycles. The van der Waals surface area contributed by atoms with E-state index in [2.05, 4.69) is 10.2 Å². The first kappa shape index (κ1) is 15.9. The molecule has 1 N–H and O–H groups in total. The molecule has 0 aliphatic carbocycles. The fraction of sp³-hybridized carbons (Fsp3) is 0.357. The van der Waals surface area contributed by atoms with Crippen LogP contribution in [0.5, 0.6) is 0 Å². The molecule has 5 nitrogen and oxygen atoms in total. The van der Waals surface area contributed by atoms with Gasteiger partial charge in [0.05, 0.1) is 5.75 Å². The van der Waals surface area contributed by atoms with Gasteiger partial charge in [-0.15, -0.1) is 10.2 Å². The first-order chi connectivity index (χ1) is 9.97. The molecule has 7 heteroatoms. The van der Waals surface area contributed by atoms with Crippen LogP contribution in [0.2, 0.25) is 5.02 Å². The number of carboxylic acid groups (broad SMARTS) is 1. The highest BCUT2D eigenvalue weighted by molar-refractivity contribution is 7.99. The van der Waals surface area contributed by atoms with Gasteiger partial charge in [-0.25, -0.2) is 0 Å². The van der Waals surface area contributed by atoms with E-state index in [1.807, 2.05) is 42.7 Å². The predicted octanol–water partition coefficient (Wildman–Crippen LogP) is 3.28. The molecule has 0 saturated heterocycles. The smallest absolute Gasteiger partial charge is 0.313 e. The Morgan fingerprint density at radius 1 is 1.43 bits per heavy atom. The van der Waals surface area contributed by atoms with E-state index in [0.29, 0.717) is 16.6 Å². The Bertz CT molecular complexity index is 643. The Morgan fingerprint density at radius 2 is 2.19 bits per heavy atom. The van der Waals surface area contributed by atoms with E-state index >= 15 is 0 Å².